The Hall–Kier alpha value is -2.10. The van der Waals surface area contributed by atoms with Crippen LogP contribution in [-0.4, -0.2) is 16.8 Å². The van der Waals surface area contributed by atoms with Crippen LogP contribution in [0.5, 0.6) is 0 Å². The highest BCUT2D eigenvalue weighted by atomic mass is 16.2. The van der Waals surface area contributed by atoms with Gasteiger partial charge in [0.05, 0.1) is 5.69 Å². The van der Waals surface area contributed by atoms with E-state index >= 15 is 0 Å². The first-order valence-electron chi connectivity index (χ1n) is 5.78. The van der Waals surface area contributed by atoms with Gasteiger partial charge in [0.15, 0.2) is 0 Å². The van der Waals surface area contributed by atoms with E-state index in [0.29, 0.717) is 11.4 Å². The monoisotopic (exact) mass is 246 g/mol. The third kappa shape index (κ3) is 2.97. The van der Waals surface area contributed by atoms with Crippen molar-refractivity contribution in [3.05, 3.63) is 42.1 Å². The average Bonchev–Trinajstić information content (AvgIpc) is 2.35. The zero-order chi connectivity index (χ0) is 13.7. The van der Waals surface area contributed by atoms with Crippen molar-refractivity contribution < 1.29 is 9.59 Å². The van der Waals surface area contributed by atoms with E-state index in [0.717, 1.165) is 0 Å². The number of carbonyl (C=O) groups excluding carboxylic acids is 2. The number of hydrazine groups is 1. The summed E-state index contributed by atoms with van der Waals surface area (Å²) in [4.78, 5) is 23.6. The summed E-state index contributed by atoms with van der Waals surface area (Å²) in [5.41, 5.74) is 1.38. The predicted octanol–water partition coefficient (Wildman–Crippen LogP) is 2.73. The normalized spacial score (nSPS) is 11.0. The van der Waals surface area contributed by atoms with Crippen molar-refractivity contribution in [3.63, 3.8) is 0 Å². The maximum Gasteiger partial charge on any atom is 0.243 e. The SMILES string of the molecule is C/C=C(\C)N(C(C)=O)N(C(C)=O)c1ccccc1. The minimum absolute atomic E-state index is 0.204. The summed E-state index contributed by atoms with van der Waals surface area (Å²) in [5.74, 6) is -0.415. The zero-order valence-electron chi connectivity index (χ0n) is 11.2. The Morgan fingerprint density at radius 3 is 1.94 bits per heavy atom. The molecule has 2 amide bonds. The lowest BCUT2D eigenvalue weighted by molar-refractivity contribution is -0.132. The number of hydrogen-bond acceptors (Lipinski definition) is 2. The smallest absolute Gasteiger partial charge is 0.243 e. The van der Waals surface area contributed by atoms with Crippen LogP contribution < -0.4 is 5.01 Å². The van der Waals surface area contributed by atoms with Gasteiger partial charge in [-0.25, -0.2) is 10.0 Å². The van der Waals surface area contributed by atoms with E-state index in [1.807, 2.05) is 25.1 Å². The molecule has 0 radical (unpaired) electrons. The van der Waals surface area contributed by atoms with Gasteiger partial charge in [0, 0.05) is 19.5 Å². The van der Waals surface area contributed by atoms with Crippen molar-refractivity contribution in [3.8, 4) is 0 Å². The second-order valence-corrected chi connectivity index (χ2v) is 3.93. The summed E-state index contributed by atoms with van der Waals surface area (Å²) in [6.07, 6.45) is 1.79. The van der Waals surface area contributed by atoms with Gasteiger partial charge in [-0.3, -0.25) is 9.59 Å². The zero-order valence-corrected chi connectivity index (χ0v) is 11.2. The van der Waals surface area contributed by atoms with E-state index in [1.165, 1.54) is 23.9 Å². The molecule has 4 nitrogen and oxygen atoms in total. The molecule has 0 atom stereocenters. The first-order valence-corrected chi connectivity index (χ1v) is 5.78. The average molecular weight is 246 g/mol. The third-order valence-electron chi connectivity index (χ3n) is 2.55. The summed E-state index contributed by atoms with van der Waals surface area (Å²) < 4.78 is 0. The molecular weight excluding hydrogens is 228 g/mol. The first-order chi connectivity index (χ1) is 8.49. The number of para-hydroxylation sites is 1. The van der Waals surface area contributed by atoms with Gasteiger partial charge in [0.1, 0.15) is 0 Å². The lowest BCUT2D eigenvalue weighted by Gasteiger charge is -2.33. The molecule has 0 fully saturated rings. The van der Waals surface area contributed by atoms with Crippen LogP contribution in [0.1, 0.15) is 27.7 Å². The molecule has 1 rings (SSSR count). The molecule has 0 aliphatic heterocycles. The van der Waals surface area contributed by atoms with Gasteiger partial charge in [-0.1, -0.05) is 24.3 Å². The van der Waals surface area contributed by atoms with Crippen LogP contribution in [0.2, 0.25) is 0 Å². The number of hydrogen-bond donors (Lipinski definition) is 0. The van der Waals surface area contributed by atoms with Gasteiger partial charge in [-0.2, -0.15) is 0 Å². The topological polar surface area (TPSA) is 40.6 Å². The largest absolute Gasteiger partial charge is 0.273 e. The molecule has 96 valence electrons. The fourth-order valence-electron chi connectivity index (χ4n) is 1.68. The second kappa shape index (κ2) is 6.00. The molecule has 1 aromatic carbocycles. The minimum Gasteiger partial charge on any atom is -0.273 e. The summed E-state index contributed by atoms with van der Waals surface area (Å²) in [7, 11) is 0. The van der Waals surface area contributed by atoms with Crippen molar-refractivity contribution in [2.75, 3.05) is 5.01 Å². The van der Waals surface area contributed by atoms with Gasteiger partial charge < -0.3 is 0 Å². The standard InChI is InChI=1S/C14H18N2O2/c1-5-11(2)15(12(3)17)16(13(4)18)14-9-7-6-8-10-14/h5-10H,1-4H3/b11-5+. The van der Waals surface area contributed by atoms with Crippen LogP contribution in [0.4, 0.5) is 5.69 Å². The molecule has 18 heavy (non-hydrogen) atoms. The minimum atomic E-state index is -0.211. The maximum absolute atomic E-state index is 11.8. The van der Waals surface area contributed by atoms with Crippen molar-refractivity contribution in [1.29, 1.82) is 0 Å². The quantitative estimate of drug-likeness (QED) is 0.753. The summed E-state index contributed by atoms with van der Waals surface area (Å²) >= 11 is 0. The van der Waals surface area contributed by atoms with Crippen molar-refractivity contribution >= 4 is 17.5 Å². The van der Waals surface area contributed by atoms with E-state index in [-0.39, 0.29) is 11.8 Å². The van der Waals surface area contributed by atoms with Gasteiger partial charge in [-0.05, 0) is 26.0 Å². The Morgan fingerprint density at radius 1 is 1.00 bits per heavy atom. The fourth-order valence-corrected chi connectivity index (χ4v) is 1.68. The number of carbonyl (C=O) groups is 2. The summed E-state index contributed by atoms with van der Waals surface area (Å²) in [6.45, 7) is 6.49. The Balaban J connectivity index is 3.27. The van der Waals surface area contributed by atoms with E-state index in [9.17, 15) is 9.59 Å². The molecule has 0 saturated heterocycles. The Morgan fingerprint density at radius 2 is 1.56 bits per heavy atom. The van der Waals surface area contributed by atoms with Gasteiger partial charge in [0.25, 0.3) is 0 Å². The summed E-state index contributed by atoms with van der Waals surface area (Å²) in [6, 6.07) is 9.10. The number of benzene rings is 1. The number of anilines is 1. The van der Waals surface area contributed by atoms with Crippen molar-refractivity contribution in [2.45, 2.75) is 27.7 Å². The van der Waals surface area contributed by atoms with Crippen LogP contribution in [0.25, 0.3) is 0 Å². The molecule has 0 aliphatic rings. The predicted molar refractivity (Wildman–Crippen MR) is 71.6 cm³/mol. The van der Waals surface area contributed by atoms with E-state index < -0.39 is 0 Å². The highest BCUT2D eigenvalue weighted by Crippen LogP contribution is 2.20. The van der Waals surface area contributed by atoms with Crippen LogP contribution in [0.3, 0.4) is 0 Å². The highest BCUT2D eigenvalue weighted by molar-refractivity contribution is 5.95. The molecule has 0 heterocycles. The van der Waals surface area contributed by atoms with E-state index in [2.05, 4.69) is 0 Å². The summed E-state index contributed by atoms with van der Waals surface area (Å²) in [5, 5.41) is 2.75. The molecule has 0 spiro atoms. The molecule has 1 aromatic rings. The molecule has 0 aliphatic carbocycles. The molecule has 0 saturated carbocycles. The first kappa shape index (κ1) is 14.0. The van der Waals surface area contributed by atoms with E-state index in [1.54, 1.807) is 25.1 Å². The number of nitrogens with zero attached hydrogens (tertiary/aromatic N) is 2. The molecule has 0 unspecified atom stereocenters. The Bertz CT molecular complexity index is 466. The Kier molecular flexibility index (Phi) is 4.66. The van der Waals surface area contributed by atoms with Gasteiger partial charge in [0.2, 0.25) is 11.8 Å². The van der Waals surface area contributed by atoms with Crippen molar-refractivity contribution in [2.24, 2.45) is 0 Å². The third-order valence-corrected chi connectivity index (χ3v) is 2.55. The fraction of sp³-hybridized carbons (Fsp3) is 0.286. The van der Waals surface area contributed by atoms with Crippen LogP contribution in [0.15, 0.2) is 42.1 Å². The Labute approximate surface area is 107 Å². The van der Waals surface area contributed by atoms with Crippen LogP contribution >= 0.6 is 0 Å². The van der Waals surface area contributed by atoms with E-state index in [4.69, 9.17) is 0 Å². The maximum atomic E-state index is 11.8. The number of allylic oxidation sites excluding steroid dienone is 2. The van der Waals surface area contributed by atoms with Crippen LogP contribution in [-0.2, 0) is 9.59 Å². The lowest BCUT2D eigenvalue weighted by atomic mass is 10.3. The lowest BCUT2D eigenvalue weighted by Crippen LogP contribution is -2.47. The van der Waals surface area contributed by atoms with Crippen molar-refractivity contribution in [1.82, 2.24) is 5.01 Å². The van der Waals surface area contributed by atoms with Gasteiger partial charge in [-0.15, -0.1) is 0 Å². The van der Waals surface area contributed by atoms with Crippen LogP contribution in [0, 0.1) is 0 Å². The second-order valence-electron chi connectivity index (χ2n) is 3.93. The van der Waals surface area contributed by atoms with Gasteiger partial charge >= 0.3 is 0 Å². The molecule has 4 heteroatoms. The number of rotatable bonds is 2. The highest BCUT2D eigenvalue weighted by Gasteiger charge is 2.23. The molecule has 0 bridgehead atoms. The number of amides is 2. The molecule has 0 aromatic heterocycles. The molecule has 0 N–H and O–H groups in total. The molecular formula is C14H18N2O2.